The van der Waals surface area contributed by atoms with E-state index in [0.717, 1.165) is 17.0 Å². The van der Waals surface area contributed by atoms with Crippen molar-refractivity contribution in [2.75, 3.05) is 49.7 Å². The van der Waals surface area contributed by atoms with Crippen LogP contribution in [-0.2, 0) is 14.3 Å². The summed E-state index contributed by atoms with van der Waals surface area (Å²) in [6.07, 6.45) is -1.15. The van der Waals surface area contributed by atoms with E-state index in [2.05, 4.69) is 5.32 Å². The maximum Gasteiger partial charge on any atom is 0.415 e. The molecule has 1 aromatic carbocycles. The van der Waals surface area contributed by atoms with Crippen LogP contribution in [0.25, 0.3) is 0 Å². The van der Waals surface area contributed by atoms with Crippen LogP contribution in [0.4, 0.5) is 25.0 Å². The normalized spacial score (nSPS) is 21.1. The minimum Gasteiger partial charge on any atom is -0.434 e. The van der Waals surface area contributed by atoms with Gasteiger partial charge in [0.15, 0.2) is 17.7 Å². The highest BCUT2D eigenvalue weighted by molar-refractivity contribution is 5.95. The molecule has 7 nitrogen and oxygen atoms in total. The summed E-state index contributed by atoms with van der Waals surface area (Å²) >= 11 is 0. The zero-order chi connectivity index (χ0) is 18.0. The quantitative estimate of drug-likeness (QED) is 0.884. The maximum atomic E-state index is 14.5. The molecule has 1 aromatic rings. The van der Waals surface area contributed by atoms with E-state index in [1.807, 2.05) is 0 Å². The Hall–Kier alpha value is -2.42. The van der Waals surface area contributed by atoms with E-state index in [1.54, 1.807) is 4.90 Å². The fraction of sp³-hybridized carbons (Fsp3) is 0.500. The zero-order valence-corrected chi connectivity index (χ0v) is 13.8. The minimum atomic E-state index is -1.01. The number of hydrogen-bond acceptors (Lipinski definition) is 5. The van der Waals surface area contributed by atoms with Crippen molar-refractivity contribution in [1.29, 1.82) is 0 Å². The Labute approximate surface area is 143 Å². The Morgan fingerprint density at radius 3 is 2.64 bits per heavy atom. The highest BCUT2D eigenvalue weighted by Gasteiger charge is 2.37. The molecule has 2 aliphatic rings. The van der Waals surface area contributed by atoms with Crippen molar-refractivity contribution in [2.45, 2.75) is 12.5 Å². The molecule has 2 amide bonds. The first-order valence-electron chi connectivity index (χ1n) is 8.02. The number of anilines is 2. The van der Waals surface area contributed by atoms with Gasteiger partial charge >= 0.3 is 6.09 Å². The fourth-order valence-electron chi connectivity index (χ4n) is 2.95. The molecule has 136 valence electrons. The summed E-state index contributed by atoms with van der Waals surface area (Å²) in [5, 5.41) is 2.37. The number of rotatable bonds is 3. The molecule has 0 bridgehead atoms. The van der Waals surface area contributed by atoms with Crippen LogP contribution in [0, 0.1) is 11.6 Å². The molecule has 0 aliphatic carbocycles. The van der Waals surface area contributed by atoms with Crippen molar-refractivity contribution in [3.05, 3.63) is 23.8 Å². The molecule has 2 saturated heterocycles. The van der Waals surface area contributed by atoms with E-state index in [-0.39, 0.29) is 17.9 Å². The van der Waals surface area contributed by atoms with Crippen molar-refractivity contribution in [1.82, 2.24) is 5.32 Å². The molecule has 0 aromatic heterocycles. The number of nitrogens with one attached hydrogen (secondary N) is 1. The Balaban J connectivity index is 1.84. The van der Waals surface area contributed by atoms with Crippen LogP contribution in [-0.4, -0.2) is 58.0 Å². The van der Waals surface area contributed by atoms with Crippen LogP contribution in [0.15, 0.2) is 12.1 Å². The van der Waals surface area contributed by atoms with Crippen LogP contribution >= 0.6 is 0 Å². The van der Waals surface area contributed by atoms with Gasteiger partial charge in [-0.05, 0) is 6.42 Å². The van der Waals surface area contributed by atoms with Crippen LogP contribution in [0.2, 0.25) is 0 Å². The highest BCUT2D eigenvalue weighted by atomic mass is 19.1. The number of amides is 2. The number of halogens is 2. The fourth-order valence-corrected chi connectivity index (χ4v) is 2.95. The zero-order valence-electron chi connectivity index (χ0n) is 13.8. The molecule has 25 heavy (non-hydrogen) atoms. The van der Waals surface area contributed by atoms with Crippen molar-refractivity contribution in [3.63, 3.8) is 0 Å². The first-order chi connectivity index (χ1) is 12.0. The number of benzene rings is 1. The van der Waals surface area contributed by atoms with E-state index in [1.165, 1.54) is 7.05 Å². The smallest absolute Gasteiger partial charge is 0.415 e. The molecule has 0 saturated carbocycles. The van der Waals surface area contributed by atoms with Crippen molar-refractivity contribution >= 4 is 23.4 Å². The molecule has 2 aliphatic heterocycles. The van der Waals surface area contributed by atoms with Crippen LogP contribution in [0.3, 0.4) is 0 Å². The summed E-state index contributed by atoms with van der Waals surface area (Å²) in [4.78, 5) is 26.1. The summed E-state index contributed by atoms with van der Waals surface area (Å²) in [5.41, 5.74) is -0.120. The molecule has 3 rings (SSSR count). The summed E-state index contributed by atoms with van der Waals surface area (Å²) in [7, 11) is 1.41. The third-order valence-corrected chi connectivity index (χ3v) is 4.20. The van der Waals surface area contributed by atoms with Gasteiger partial charge in [-0.2, -0.15) is 0 Å². The molecule has 1 atom stereocenters. The van der Waals surface area contributed by atoms with E-state index in [9.17, 15) is 18.4 Å². The lowest BCUT2D eigenvalue weighted by Gasteiger charge is -2.24. The molecular weight excluding hydrogens is 336 g/mol. The Morgan fingerprint density at radius 1 is 1.24 bits per heavy atom. The molecular formula is C16H19F2N3O4. The average molecular weight is 355 g/mol. The van der Waals surface area contributed by atoms with Gasteiger partial charge in [-0.25, -0.2) is 13.6 Å². The largest absolute Gasteiger partial charge is 0.434 e. The van der Waals surface area contributed by atoms with Gasteiger partial charge in [0.05, 0.1) is 18.8 Å². The van der Waals surface area contributed by atoms with Gasteiger partial charge in [0.25, 0.3) is 5.91 Å². The summed E-state index contributed by atoms with van der Waals surface area (Å²) < 4.78 is 39.3. The second kappa shape index (κ2) is 7.22. The van der Waals surface area contributed by atoms with Gasteiger partial charge in [0, 0.05) is 38.9 Å². The minimum absolute atomic E-state index is 0.0150. The topological polar surface area (TPSA) is 71.1 Å². The molecule has 9 heteroatoms. The van der Waals surface area contributed by atoms with Crippen LogP contribution in [0.5, 0.6) is 0 Å². The first-order valence-corrected chi connectivity index (χ1v) is 8.02. The predicted octanol–water partition coefficient (Wildman–Crippen LogP) is 1.26. The number of cyclic esters (lactones) is 1. The van der Waals surface area contributed by atoms with Gasteiger partial charge in [-0.1, -0.05) is 0 Å². The SMILES string of the molecule is CNC(=O)C1CN(c2cc(F)c(N3CCCOCC3)c(F)c2)C(=O)O1. The molecule has 0 spiro atoms. The van der Waals surface area contributed by atoms with Crippen molar-refractivity contribution in [2.24, 2.45) is 0 Å². The lowest BCUT2D eigenvalue weighted by Crippen LogP contribution is -2.35. The van der Waals surface area contributed by atoms with Crippen LogP contribution < -0.4 is 15.1 Å². The molecule has 1 N–H and O–H groups in total. The lowest BCUT2D eigenvalue weighted by atomic mass is 10.2. The van der Waals surface area contributed by atoms with E-state index >= 15 is 0 Å². The van der Waals surface area contributed by atoms with Gasteiger partial charge in [0.2, 0.25) is 0 Å². The summed E-state index contributed by atoms with van der Waals surface area (Å²) in [6.45, 7) is 1.72. The highest BCUT2D eigenvalue weighted by Crippen LogP contribution is 2.31. The summed E-state index contributed by atoms with van der Waals surface area (Å²) in [6, 6.07) is 2.16. The Bertz CT molecular complexity index is 654. The third-order valence-electron chi connectivity index (χ3n) is 4.20. The molecule has 2 fully saturated rings. The number of hydrogen-bond donors (Lipinski definition) is 1. The van der Waals surface area contributed by atoms with E-state index < -0.39 is 29.7 Å². The monoisotopic (exact) mass is 355 g/mol. The average Bonchev–Trinajstić information content (AvgIpc) is 2.79. The van der Waals surface area contributed by atoms with Gasteiger partial charge < -0.3 is 19.7 Å². The van der Waals surface area contributed by atoms with Crippen molar-refractivity contribution < 1.29 is 27.8 Å². The second-order valence-corrected chi connectivity index (χ2v) is 5.81. The first kappa shape index (κ1) is 17.4. The maximum absolute atomic E-state index is 14.5. The van der Waals surface area contributed by atoms with Gasteiger partial charge in [0.1, 0.15) is 5.69 Å². The molecule has 1 unspecified atom stereocenters. The number of likely N-dealkylation sites (N-methyl/N-ethyl adjacent to an activating group) is 1. The standard InChI is InChI=1S/C16H19F2N3O4/c1-19-15(22)13-9-21(16(23)25-13)10-7-11(17)14(12(18)8-10)20-3-2-5-24-6-4-20/h7-8,13H,2-6,9H2,1H3,(H,19,22). The van der Waals surface area contributed by atoms with Gasteiger partial charge in [-0.15, -0.1) is 0 Å². The Morgan fingerprint density at radius 2 is 1.96 bits per heavy atom. The van der Waals surface area contributed by atoms with Gasteiger partial charge in [-0.3, -0.25) is 9.69 Å². The van der Waals surface area contributed by atoms with E-state index in [4.69, 9.17) is 9.47 Å². The predicted molar refractivity (Wildman–Crippen MR) is 85.7 cm³/mol. The lowest BCUT2D eigenvalue weighted by molar-refractivity contribution is -0.127. The second-order valence-electron chi connectivity index (χ2n) is 5.81. The summed E-state index contributed by atoms with van der Waals surface area (Å²) in [5.74, 6) is -2.01. The molecule has 2 heterocycles. The number of carbonyl (C=O) groups excluding carboxylic acids is 2. The number of nitrogens with zero attached hydrogens (tertiary/aromatic N) is 2. The molecule has 0 radical (unpaired) electrons. The van der Waals surface area contributed by atoms with E-state index in [0.29, 0.717) is 32.7 Å². The number of ether oxygens (including phenoxy) is 2. The van der Waals surface area contributed by atoms with Crippen LogP contribution in [0.1, 0.15) is 6.42 Å². The Kier molecular flexibility index (Phi) is 5.03. The third kappa shape index (κ3) is 3.51. The number of carbonyl (C=O) groups is 2. The van der Waals surface area contributed by atoms with Crippen molar-refractivity contribution in [3.8, 4) is 0 Å².